The van der Waals surface area contributed by atoms with Gasteiger partial charge in [0, 0.05) is 11.4 Å². The second-order valence-corrected chi connectivity index (χ2v) is 8.41. The van der Waals surface area contributed by atoms with Crippen LogP contribution < -0.4 is 10.1 Å². The predicted octanol–water partition coefficient (Wildman–Crippen LogP) is 5.33. The first-order valence-corrected chi connectivity index (χ1v) is 11.4. The van der Waals surface area contributed by atoms with Crippen LogP contribution >= 0.6 is 11.8 Å². The number of hydrogen-bond donors (Lipinski definition) is 1. The van der Waals surface area contributed by atoms with Crippen LogP contribution in [0.5, 0.6) is 5.75 Å². The Morgan fingerprint density at radius 1 is 1.03 bits per heavy atom. The second kappa shape index (κ2) is 10.3. The predicted molar refractivity (Wildman–Crippen MR) is 127 cm³/mol. The van der Waals surface area contributed by atoms with E-state index in [9.17, 15) is 9.18 Å². The lowest BCUT2D eigenvalue weighted by Crippen LogP contribution is -2.15. The van der Waals surface area contributed by atoms with E-state index in [1.54, 1.807) is 19.1 Å². The number of hydrogen-bond acceptors (Lipinski definition) is 5. The maximum Gasteiger partial charge on any atom is 0.234 e. The van der Waals surface area contributed by atoms with Gasteiger partial charge in [0.05, 0.1) is 5.75 Å². The smallest absolute Gasteiger partial charge is 0.234 e. The standard InChI is InChI=1S/C25H23FN4O2S/c1-17-8-12-21(13-9-17)32-15-23-28-29-25(30(23)20-6-4-3-5-7-20)33-16-24(31)27-19-11-10-18(2)22(26)14-19/h3-14H,15-16H2,1-2H3,(H,27,31). The number of aromatic nitrogens is 3. The molecule has 168 valence electrons. The van der Waals surface area contributed by atoms with E-state index < -0.39 is 0 Å². The molecule has 0 fully saturated rings. The van der Waals surface area contributed by atoms with Crippen molar-refractivity contribution in [3.63, 3.8) is 0 Å². The van der Waals surface area contributed by atoms with Gasteiger partial charge < -0.3 is 10.1 Å². The third-order valence-electron chi connectivity index (χ3n) is 4.89. The molecule has 4 aromatic rings. The SMILES string of the molecule is Cc1ccc(OCc2nnc(SCC(=O)Nc3ccc(C)c(F)c3)n2-c2ccccc2)cc1. The maximum absolute atomic E-state index is 13.7. The number of halogens is 1. The molecule has 0 radical (unpaired) electrons. The number of carbonyl (C=O) groups excluding carboxylic acids is 1. The van der Waals surface area contributed by atoms with E-state index in [1.807, 2.05) is 66.1 Å². The number of rotatable bonds is 8. The lowest BCUT2D eigenvalue weighted by Gasteiger charge is -2.11. The highest BCUT2D eigenvalue weighted by atomic mass is 32.2. The minimum Gasteiger partial charge on any atom is -0.486 e. The average Bonchev–Trinajstić information content (AvgIpc) is 3.23. The van der Waals surface area contributed by atoms with Gasteiger partial charge in [-0.1, -0.05) is 53.7 Å². The molecule has 33 heavy (non-hydrogen) atoms. The molecule has 0 aliphatic heterocycles. The Bertz CT molecular complexity index is 1240. The van der Waals surface area contributed by atoms with Gasteiger partial charge in [0.1, 0.15) is 18.2 Å². The molecule has 6 nitrogen and oxygen atoms in total. The number of thioether (sulfide) groups is 1. The average molecular weight is 463 g/mol. The summed E-state index contributed by atoms with van der Waals surface area (Å²) < 4.78 is 21.5. The number of amides is 1. The van der Waals surface area contributed by atoms with E-state index in [0.29, 0.717) is 22.2 Å². The molecule has 3 aromatic carbocycles. The Balaban J connectivity index is 1.48. The largest absolute Gasteiger partial charge is 0.486 e. The third kappa shape index (κ3) is 5.78. The zero-order valence-corrected chi connectivity index (χ0v) is 19.1. The Labute approximate surface area is 195 Å². The van der Waals surface area contributed by atoms with Crippen molar-refractivity contribution >= 4 is 23.4 Å². The van der Waals surface area contributed by atoms with Crippen molar-refractivity contribution in [2.24, 2.45) is 0 Å². The molecule has 4 rings (SSSR count). The summed E-state index contributed by atoms with van der Waals surface area (Å²) in [5.74, 6) is 0.831. The van der Waals surface area contributed by atoms with Crippen LogP contribution in [0.25, 0.3) is 5.69 Å². The molecule has 1 N–H and O–H groups in total. The molecule has 1 aromatic heterocycles. The van der Waals surface area contributed by atoms with Gasteiger partial charge in [-0.3, -0.25) is 9.36 Å². The molecule has 0 aliphatic carbocycles. The number of aryl methyl sites for hydroxylation is 2. The summed E-state index contributed by atoms with van der Waals surface area (Å²) in [7, 11) is 0. The normalized spacial score (nSPS) is 10.8. The fourth-order valence-corrected chi connectivity index (χ4v) is 3.87. The van der Waals surface area contributed by atoms with Crippen molar-refractivity contribution < 1.29 is 13.9 Å². The molecule has 1 amide bonds. The van der Waals surface area contributed by atoms with Gasteiger partial charge in [-0.05, 0) is 55.8 Å². The number of para-hydroxylation sites is 1. The first-order valence-electron chi connectivity index (χ1n) is 10.4. The Hall–Kier alpha value is -3.65. The zero-order valence-electron chi connectivity index (χ0n) is 18.3. The van der Waals surface area contributed by atoms with Crippen LogP contribution in [0.1, 0.15) is 17.0 Å². The molecular weight excluding hydrogens is 439 g/mol. The molecule has 0 saturated carbocycles. The molecule has 8 heteroatoms. The molecule has 0 bridgehead atoms. The van der Waals surface area contributed by atoms with E-state index in [2.05, 4.69) is 15.5 Å². The van der Waals surface area contributed by atoms with Gasteiger partial charge in [-0.25, -0.2) is 4.39 Å². The van der Waals surface area contributed by atoms with Crippen molar-refractivity contribution in [1.29, 1.82) is 0 Å². The highest BCUT2D eigenvalue weighted by Gasteiger charge is 2.17. The Morgan fingerprint density at radius 2 is 1.79 bits per heavy atom. The van der Waals surface area contributed by atoms with Crippen LogP contribution in [0.4, 0.5) is 10.1 Å². The molecule has 0 atom stereocenters. The van der Waals surface area contributed by atoms with E-state index in [4.69, 9.17) is 4.74 Å². The Kier molecular flexibility index (Phi) is 7.04. The first-order chi connectivity index (χ1) is 16.0. The van der Waals surface area contributed by atoms with Crippen LogP contribution in [0.2, 0.25) is 0 Å². The van der Waals surface area contributed by atoms with Crippen LogP contribution in [0, 0.1) is 19.7 Å². The molecule has 0 spiro atoms. The molecule has 1 heterocycles. The van der Waals surface area contributed by atoms with Crippen LogP contribution in [0.15, 0.2) is 78.0 Å². The minimum atomic E-state index is -0.359. The van der Waals surface area contributed by atoms with Gasteiger partial charge in [0.2, 0.25) is 5.91 Å². The summed E-state index contributed by atoms with van der Waals surface area (Å²) >= 11 is 1.25. The van der Waals surface area contributed by atoms with Crippen molar-refractivity contribution in [2.45, 2.75) is 25.6 Å². The fraction of sp³-hybridized carbons (Fsp3) is 0.160. The topological polar surface area (TPSA) is 69.0 Å². The van der Waals surface area contributed by atoms with E-state index in [1.165, 1.54) is 17.8 Å². The molecular formula is C25H23FN4O2S. The van der Waals surface area contributed by atoms with Gasteiger partial charge in [-0.2, -0.15) is 0 Å². The molecule has 0 unspecified atom stereocenters. The number of benzene rings is 3. The van der Waals surface area contributed by atoms with Gasteiger partial charge in [-0.15, -0.1) is 10.2 Å². The second-order valence-electron chi connectivity index (χ2n) is 7.47. The number of carbonyl (C=O) groups is 1. The van der Waals surface area contributed by atoms with Crippen molar-refractivity contribution in [3.8, 4) is 11.4 Å². The van der Waals surface area contributed by atoms with E-state index in [0.717, 1.165) is 17.0 Å². The van der Waals surface area contributed by atoms with E-state index in [-0.39, 0.29) is 24.1 Å². The van der Waals surface area contributed by atoms with Gasteiger partial charge in [0.25, 0.3) is 0 Å². The lowest BCUT2D eigenvalue weighted by atomic mass is 10.2. The summed E-state index contributed by atoms with van der Waals surface area (Å²) in [5.41, 5.74) is 2.97. The summed E-state index contributed by atoms with van der Waals surface area (Å²) in [4.78, 5) is 12.4. The monoisotopic (exact) mass is 462 g/mol. The van der Waals surface area contributed by atoms with Crippen molar-refractivity contribution in [2.75, 3.05) is 11.1 Å². The highest BCUT2D eigenvalue weighted by Crippen LogP contribution is 2.24. The number of ether oxygens (including phenoxy) is 1. The van der Waals surface area contributed by atoms with Gasteiger partial charge >= 0.3 is 0 Å². The van der Waals surface area contributed by atoms with Crippen LogP contribution in [-0.2, 0) is 11.4 Å². The molecule has 0 aliphatic rings. The quantitative estimate of drug-likeness (QED) is 0.358. The van der Waals surface area contributed by atoms with Crippen molar-refractivity contribution in [3.05, 3.63) is 95.6 Å². The van der Waals surface area contributed by atoms with E-state index >= 15 is 0 Å². The fourth-order valence-electron chi connectivity index (χ4n) is 3.10. The summed E-state index contributed by atoms with van der Waals surface area (Å²) in [6, 6.07) is 22.1. The maximum atomic E-state index is 13.7. The van der Waals surface area contributed by atoms with Crippen molar-refractivity contribution in [1.82, 2.24) is 14.8 Å². The highest BCUT2D eigenvalue weighted by molar-refractivity contribution is 7.99. The summed E-state index contributed by atoms with van der Waals surface area (Å²) in [5, 5.41) is 11.9. The Morgan fingerprint density at radius 3 is 2.52 bits per heavy atom. The van der Waals surface area contributed by atoms with Gasteiger partial charge in [0.15, 0.2) is 11.0 Å². The molecule has 0 saturated heterocycles. The van der Waals surface area contributed by atoms with Crippen LogP contribution in [0.3, 0.4) is 0 Å². The summed E-state index contributed by atoms with van der Waals surface area (Å²) in [6.07, 6.45) is 0. The number of nitrogens with zero attached hydrogens (tertiary/aromatic N) is 3. The number of nitrogens with one attached hydrogen (secondary N) is 1. The number of anilines is 1. The lowest BCUT2D eigenvalue weighted by molar-refractivity contribution is -0.113. The first kappa shape index (κ1) is 22.5. The third-order valence-corrected chi connectivity index (χ3v) is 5.82. The zero-order chi connectivity index (χ0) is 23.2. The summed E-state index contributed by atoms with van der Waals surface area (Å²) in [6.45, 7) is 3.92. The van der Waals surface area contributed by atoms with Crippen LogP contribution in [-0.4, -0.2) is 26.4 Å². The minimum absolute atomic E-state index is 0.0965.